The van der Waals surface area contributed by atoms with E-state index in [-0.39, 0.29) is 24.3 Å². The van der Waals surface area contributed by atoms with Crippen molar-refractivity contribution in [2.75, 3.05) is 17.9 Å². The molecule has 0 atom stereocenters. The summed E-state index contributed by atoms with van der Waals surface area (Å²) < 4.78 is 24.0. The predicted molar refractivity (Wildman–Crippen MR) is 126 cm³/mol. The van der Waals surface area contributed by atoms with Crippen LogP contribution < -0.4 is 14.8 Å². The normalized spacial score (nSPS) is 12.1. The van der Waals surface area contributed by atoms with Crippen molar-refractivity contribution in [3.8, 4) is 34.1 Å². The number of nitrogens with zero attached hydrogens (tertiary/aromatic N) is 1. The summed E-state index contributed by atoms with van der Waals surface area (Å²) in [6.45, 7) is 2.21. The molecule has 166 valence electrons. The first kappa shape index (κ1) is 21.1. The van der Waals surface area contributed by atoms with Crippen LogP contribution in [0, 0.1) is 12.7 Å². The number of aromatic amines is 1. The second-order valence-corrected chi connectivity index (χ2v) is 8.51. The number of hydrogen-bond donors (Lipinski definition) is 2. The molecule has 1 aliphatic heterocycles. The number of halogens is 1. The Balaban J connectivity index is 1.36. The number of ether oxygens (including phenoxy) is 2. The lowest BCUT2D eigenvalue weighted by molar-refractivity contribution is -0.113. The lowest BCUT2D eigenvalue weighted by Gasteiger charge is -2.06. The lowest BCUT2D eigenvalue weighted by Crippen LogP contribution is -2.14. The Morgan fingerprint density at radius 1 is 1.03 bits per heavy atom. The molecule has 1 aromatic heterocycles. The molecule has 0 bridgehead atoms. The van der Waals surface area contributed by atoms with Gasteiger partial charge < -0.3 is 19.8 Å². The molecule has 0 spiro atoms. The van der Waals surface area contributed by atoms with Crippen molar-refractivity contribution in [1.29, 1.82) is 0 Å². The van der Waals surface area contributed by atoms with Gasteiger partial charge in [0.2, 0.25) is 12.7 Å². The number of hydrogen-bond acceptors (Lipinski definition) is 5. The van der Waals surface area contributed by atoms with Crippen LogP contribution in [0.5, 0.6) is 11.5 Å². The Hall–Kier alpha value is -3.78. The minimum Gasteiger partial charge on any atom is -0.454 e. The van der Waals surface area contributed by atoms with E-state index in [0.717, 1.165) is 22.4 Å². The maximum absolute atomic E-state index is 13.4. The number of imidazole rings is 1. The molecular weight excluding hydrogens is 441 g/mol. The Labute approximate surface area is 194 Å². The summed E-state index contributed by atoms with van der Waals surface area (Å²) in [5.41, 5.74) is 4.32. The smallest absolute Gasteiger partial charge is 0.234 e. The molecule has 1 aliphatic rings. The van der Waals surface area contributed by atoms with E-state index in [1.165, 1.54) is 23.9 Å². The van der Waals surface area contributed by atoms with Crippen molar-refractivity contribution >= 4 is 23.4 Å². The average Bonchev–Trinajstić information content (AvgIpc) is 3.45. The SMILES string of the molecule is Cc1ccc(-c2[nH]c(-c3ccc(F)cc3)nc2SCC(=O)Nc2ccc3c(c2)OCO3)cc1. The molecule has 5 rings (SSSR count). The second kappa shape index (κ2) is 8.99. The highest BCUT2D eigenvalue weighted by molar-refractivity contribution is 8.00. The quantitative estimate of drug-likeness (QED) is 0.363. The molecule has 3 aromatic carbocycles. The van der Waals surface area contributed by atoms with E-state index in [0.29, 0.717) is 28.0 Å². The van der Waals surface area contributed by atoms with Crippen molar-refractivity contribution in [3.63, 3.8) is 0 Å². The second-order valence-electron chi connectivity index (χ2n) is 7.54. The fourth-order valence-corrected chi connectivity index (χ4v) is 4.24. The van der Waals surface area contributed by atoms with Gasteiger partial charge in [-0.05, 0) is 43.3 Å². The van der Waals surface area contributed by atoms with Gasteiger partial charge in [0.1, 0.15) is 16.7 Å². The van der Waals surface area contributed by atoms with Crippen LogP contribution in [0.15, 0.2) is 71.8 Å². The fourth-order valence-electron chi connectivity index (χ4n) is 3.43. The Kier molecular flexibility index (Phi) is 5.75. The first-order valence-corrected chi connectivity index (χ1v) is 11.3. The summed E-state index contributed by atoms with van der Waals surface area (Å²) in [5.74, 6) is 1.58. The van der Waals surface area contributed by atoms with Gasteiger partial charge in [-0.3, -0.25) is 4.79 Å². The van der Waals surface area contributed by atoms with E-state index in [9.17, 15) is 9.18 Å². The van der Waals surface area contributed by atoms with Gasteiger partial charge in [0.15, 0.2) is 11.5 Å². The van der Waals surface area contributed by atoms with Crippen LogP contribution in [0.2, 0.25) is 0 Å². The molecule has 0 unspecified atom stereocenters. The number of rotatable bonds is 6. The highest BCUT2D eigenvalue weighted by Gasteiger charge is 2.17. The monoisotopic (exact) mass is 461 g/mol. The number of fused-ring (bicyclic) bond motifs is 1. The van der Waals surface area contributed by atoms with E-state index in [4.69, 9.17) is 14.5 Å². The van der Waals surface area contributed by atoms with Gasteiger partial charge in [-0.25, -0.2) is 9.37 Å². The third-order valence-corrected chi connectivity index (χ3v) is 6.10. The molecule has 0 aliphatic carbocycles. The van der Waals surface area contributed by atoms with E-state index in [1.54, 1.807) is 30.3 Å². The Morgan fingerprint density at radius 2 is 1.76 bits per heavy atom. The summed E-state index contributed by atoms with van der Waals surface area (Å²) in [5, 5.41) is 3.57. The lowest BCUT2D eigenvalue weighted by atomic mass is 10.1. The van der Waals surface area contributed by atoms with Gasteiger partial charge >= 0.3 is 0 Å². The molecule has 0 fully saturated rings. The topological polar surface area (TPSA) is 76.2 Å². The molecule has 33 heavy (non-hydrogen) atoms. The number of aryl methyl sites for hydroxylation is 1. The molecule has 1 amide bonds. The molecule has 2 heterocycles. The standard InChI is InChI=1S/C25H20FN3O3S/c1-15-2-4-16(5-3-15)23-25(29-24(28-23)17-6-8-18(26)9-7-17)33-13-22(30)27-19-10-11-20-21(12-19)32-14-31-20/h2-12H,13-14H2,1H3,(H,27,30)(H,28,29). The summed E-state index contributed by atoms with van der Waals surface area (Å²) in [6, 6.07) is 19.5. The molecule has 4 aromatic rings. The van der Waals surface area contributed by atoms with Gasteiger partial charge in [-0.1, -0.05) is 41.6 Å². The number of nitrogens with one attached hydrogen (secondary N) is 2. The van der Waals surface area contributed by atoms with Crippen LogP contribution in [0.25, 0.3) is 22.6 Å². The van der Waals surface area contributed by atoms with Crippen molar-refractivity contribution in [1.82, 2.24) is 9.97 Å². The first-order chi connectivity index (χ1) is 16.0. The van der Waals surface area contributed by atoms with Crippen LogP contribution in [-0.2, 0) is 4.79 Å². The van der Waals surface area contributed by atoms with Gasteiger partial charge in [-0.15, -0.1) is 0 Å². The minimum absolute atomic E-state index is 0.167. The number of carbonyl (C=O) groups is 1. The van der Waals surface area contributed by atoms with E-state index in [1.807, 2.05) is 31.2 Å². The third-order valence-electron chi connectivity index (χ3n) is 5.12. The zero-order valence-electron chi connectivity index (χ0n) is 17.7. The molecule has 0 saturated carbocycles. The zero-order chi connectivity index (χ0) is 22.8. The Morgan fingerprint density at radius 3 is 2.55 bits per heavy atom. The van der Waals surface area contributed by atoms with Crippen LogP contribution in [-0.4, -0.2) is 28.4 Å². The first-order valence-electron chi connectivity index (χ1n) is 10.3. The maximum Gasteiger partial charge on any atom is 0.234 e. The third kappa shape index (κ3) is 4.70. The molecule has 8 heteroatoms. The van der Waals surface area contributed by atoms with E-state index < -0.39 is 0 Å². The summed E-state index contributed by atoms with van der Waals surface area (Å²) >= 11 is 1.33. The number of carbonyl (C=O) groups excluding carboxylic acids is 1. The highest BCUT2D eigenvalue weighted by atomic mass is 32.2. The van der Waals surface area contributed by atoms with E-state index in [2.05, 4.69) is 10.3 Å². The van der Waals surface area contributed by atoms with Gasteiger partial charge in [0.25, 0.3) is 0 Å². The number of amides is 1. The van der Waals surface area contributed by atoms with Crippen molar-refractivity contribution in [2.45, 2.75) is 11.9 Å². The van der Waals surface area contributed by atoms with E-state index >= 15 is 0 Å². The average molecular weight is 462 g/mol. The summed E-state index contributed by atoms with van der Waals surface area (Å²) in [7, 11) is 0. The van der Waals surface area contributed by atoms with Crippen LogP contribution >= 0.6 is 11.8 Å². The minimum atomic E-state index is -0.307. The van der Waals surface area contributed by atoms with Crippen molar-refractivity contribution in [2.24, 2.45) is 0 Å². The summed E-state index contributed by atoms with van der Waals surface area (Å²) in [6.07, 6.45) is 0. The molecule has 0 saturated heterocycles. The van der Waals surface area contributed by atoms with Crippen LogP contribution in [0.1, 0.15) is 5.56 Å². The number of H-pyrrole nitrogens is 1. The van der Waals surface area contributed by atoms with Crippen LogP contribution in [0.3, 0.4) is 0 Å². The fraction of sp³-hybridized carbons (Fsp3) is 0.120. The van der Waals surface area contributed by atoms with Crippen LogP contribution in [0.4, 0.5) is 10.1 Å². The number of thioether (sulfide) groups is 1. The Bertz CT molecular complexity index is 1300. The summed E-state index contributed by atoms with van der Waals surface area (Å²) in [4.78, 5) is 20.7. The number of anilines is 1. The van der Waals surface area contributed by atoms with Gasteiger partial charge in [0, 0.05) is 22.9 Å². The molecular formula is C25H20FN3O3S. The molecule has 0 radical (unpaired) electrons. The number of benzene rings is 3. The van der Waals surface area contributed by atoms with Crippen molar-refractivity contribution in [3.05, 3.63) is 78.1 Å². The molecule has 2 N–H and O–H groups in total. The zero-order valence-corrected chi connectivity index (χ0v) is 18.5. The maximum atomic E-state index is 13.4. The largest absolute Gasteiger partial charge is 0.454 e. The number of aromatic nitrogens is 2. The molecule has 6 nitrogen and oxygen atoms in total. The van der Waals surface area contributed by atoms with Crippen molar-refractivity contribution < 1.29 is 18.7 Å². The highest BCUT2D eigenvalue weighted by Crippen LogP contribution is 2.35. The van der Waals surface area contributed by atoms with Gasteiger partial charge in [-0.2, -0.15) is 0 Å². The predicted octanol–water partition coefficient (Wildman–Crippen LogP) is 5.65. The van der Waals surface area contributed by atoms with Gasteiger partial charge in [0.05, 0.1) is 11.4 Å².